The molecule has 0 aromatic heterocycles. The molecule has 0 unspecified atom stereocenters. The van der Waals surface area contributed by atoms with E-state index in [0.717, 1.165) is 18.4 Å². The van der Waals surface area contributed by atoms with Crippen molar-refractivity contribution in [2.45, 2.75) is 32.3 Å². The molecule has 7 heteroatoms. The molecule has 0 aliphatic rings. The highest BCUT2D eigenvalue weighted by molar-refractivity contribution is 7.30. The zero-order valence-electron chi connectivity index (χ0n) is 12.1. The van der Waals surface area contributed by atoms with Gasteiger partial charge in [-0.05, 0) is 30.5 Å². The molecule has 1 rings (SSSR count). The van der Waals surface area contributed by atoms with Crippen LogP contribution in [0.25, 0.3) is 0 Å². The first-order valence-electron chi connectivity index (χ1n) is 6.17. The molecule has 20 heavy (non-hydrogen) atoms. The number of benzene rings is 1. The Bertz CT molecular complexity index is 423. The van der Waals surface area contributed by atoms with E-state index < -0.39 is 8.25 Å². The number of hydrogen-bond donors (Lipinski definition) is 2. The van der Waals surface area contributed by atoms with Gasteiger partial charge in [0.1, 0.15) is 5.75 Å². The van der Waals surface area contributed by atoms with E-state index in [-0.39, 0.29) is 5.60 Å². The molecule has 0 spiro atoms. The van der Waals surface area contributed by atoms with Crippen molar-refractivity contribution in [1.82, 2.24) is 0 Å². The normalized spacial score (nSPS) is 11.0. The Kier molecular flexibility index (Phi) is 9.10. The fourth-order valence-corrected chi connectivity index (χ4v) is 2.20. The zero-order valence-corrected chi connectivity index (χ0v) is 13.9. The second-order valence-electron chi connectivity index (χ2n) is 4.04. The summed E-state index contributed by atoms with van der Waals surface area (Å²) in [7, 11) is 0.237. The van der Waals surface area contributed by atoms with Crippen molar-refractivity contribution in [2.24, 2.45) is 0 Å². The Balaban J connectivity index is 0.000000796. The second-order valence-corrected chi connectivity index (χ2v) is 5.01. The smallest absolute Gasteiger partial charge is 0.314 e. The van der Waals surface area contributed by atoms with Crippen LogP contribution in [-0.2, 0) is 14.9 Å². The standard InChI is InChI=1S/C13H19ClO2.H3O3P/c1-5-13(6-2,16-4)10-7-8-11(14)12(9-10)15-3;1-4(2)3/h7-9H,5-6H2,1-4H3;4H,(H2,1,2,3). The largest absolute Gasteiger partial charge is 0.495 e. The van der Waals surface area contributed by atoms with Crippen LogP contribution in [0, 0.1) is 0 Å². The summed E-state index contributed by atoms with van der Waals surface area (Å²) in [5.41, 5.74) is 0.874. The maximum atomic E-state index is 8.74. The minimum Gasteiger partial charge on any atom is -0.495 e. The first kappa shape index (κ1) is 19.4. The summed E-state index contributed by atoms with van der Waals surface area (Å²) in [6, 6.07) is 5.81. The molecule has 0 atom stereocenters. The van der Waals surface area contributed by atoms with E-state index >= 15 is 0 Å². The van der Waals surface area contributed by atoms with E-state index in [9.17, 15) is 0 Å². The molecule has 0 saturated carbocycles. The third-order valence-corrected chi connectivity index (χ3v) is 3.52. The van der Waals surface area contributed by atoms with Crippen LogP contribution in [0.2, 0.25) is 5.02 Å². The molecule has 116 valence electrons. The topological polar surface area (TPSA) is 76.0 Å². The van der Waals surface area contributed by atoms with Gasteiger partial charge in [0, 0.05) is 7.11 Å². The Morgan fingerprint density at radius 1 is 1.25 bits per heavy atom. The molecule has 0 bridgehead atoms. The first-order chi connectivity index (χ1) is 9.36. The van der Waals surface area contributed by atoms with Gasteiger partial charge in [-0.1, -0.05) is 31.5 Å². The number of hydrogen-bond acceptors (Lipinski definition) is 3. The number of rotatable bonds is 5. The van der Waals surface area contributed by atoms with Crippen LogP contribution in [-0.4, -0.2) is 24.0 Å². The van der Waals surface area contributed by atoms with Gasteiger partial charge in [0.2, 0.25) is 0 Å². The molecule has 0 amide bonds. The molecule has 5 nitrogen and oxygen atoms in total. The van der Waals surface area contributed by atoms with Gasteiger partial charge >= 0.3 is 8.25 Å². The Morgan fingerprint density at radius 2 is 1.75 bits per heavy atom. The summed E-state index contributed by atoms with van der Waals surface area (Å²) in [5.74, 6) is 0.697. The Labute approximate surface area is 125 Å². The van der Waals surface area contributed by atoms with E-state index in [2.05, 4.69) is 13.8 Å². The Hall–Kier alpha value is -0.580. The highest BCUT2D eigenvalue weighted by Crippen LogP contribution is 2.36. The number of ether oxygens (including phenoxy) is 2. The van der Waals surface area contributed by atoms with Crippen LogP contribution in [0.15, 0.2) is 18.2 Å². The van der Waals surface area contributed by atoms with Crippen molar-refractivity contribution >= 4 is 19.9 Å². The minimum atomic E-state index is -3.13. The molecule has 0 saturated heterocycles. The van der Waals surface area contributed by atoms with Gasteiger partial charge in [0.15, 0.2) is 0 Å². The summed E-state index contributed by atoms with van der Waals surface area (Å²) in [4.78, 5) is 14.3. The average molecular weight is 325 g/mol. The van der Waals surface area contributed by atoms with Crippen molar-refractivity contribution in [1.29, 1.82) is 0 Å². The van der Waals surface area contributed by atoms with Crippen LogP contribution in [0.5, 0.6) is 5.75 Å². The molecular formula is C13H22ClO5P. The second kappa shape index (κ2) is 9.37. The minimum absolute atomic E-state index is 0.238. The molecule has 0 heterocycles. The van der Waals surface area contributed by atoms with Crippen molar-refractivity contribution in [3.05, 3.63) is 28.8 Å². The molecule has 2 N–H and O–H groups in total. The van der Waals surface area contributed by atoms with Gasteiger partial charge in [0.05, 0.1) is 17.7 Å². The molecule has 0 radical (unpaired) electrons. The molecule has 0 aliphatic carbocycles. The van der Waals surface area contributed by atoms with E-state index in [0.29, 0.717) is 10.8 Å². The zero-order chi connectivity index (χ0) is 15.8. The summed E-state index contributed by atoms with van der Waals surface area (Å²) in [5, 5.41) is 0.628. The predicted octanol–water partition coefficient (Wildman–Crippen LogP) is 3.37. The summed E-state index contributed by atoms with van der Waals surface area (Å²) in [6.07, 6.45) is 1.84. The molecule has 0 fully saturated rings. The third-order valence-electron chi connectivity index (χ3n) is 3.21. The Morgan fingerprint density at radius 3 is 2.10 bits per heavy atom. The average Bonchev–Trinajstić information content (AvgIpc) is 2.42. The first-order valence-corrected chi connectivity index (χ1v) is 7.86. The van der Waals surface area contributed by atoms with Crippen LogP contribution >= 0.6 is 19.9 Å². The third kappa shape index (κ3) is 5.43. The van der Waals surface area contributed by atoms with Gasteiger partial charge in [-0.25, -0.2) is 0 Å². The summed E-state index contributed by atoms with van der Waals surface area (Å²) >= 11 is 6.01. The van der Waals surface area contributed by atoms with Crippen LogP contribution < -0.4 is 4.74 Å². The van der Waals surface area contributed by atoms with Crippen LogP contribution in [0.4, 0.5) is 0 Å². The monoisotopic (exact) mass is 324 g/mol. The lowest BCUT2D eigenvalue weighted by atomic mass is 9.88. The fourth-order valence-electron chi connectivity index (χ4n) is 2.01. The predicted molar refractivity (Wildman–Crippen MR) is 80.7 cm³/mol. The van der Waals surface area contributed by atoms with E-state index in [1.807, 2.05) is 18.2 Å². The fraction of sp³-hybridized carbons (Fsp3) is 0.538. The lowest BCUT2D eigenvalue weighted by Gasteiger charge is -2.31. The maximum Gasteiger partial charge on any atom is 0.314 e. The highest BCUT2D eigenvalue weighted by Gasteiger charge is 2.28. The van der Waals surface area contributed by atoms with Crippen molar-refractivity contribution in [3.63, 3.8) is 0 Å². The number of methoxy groups -OCH3 is 2. The van der Waals surface area contributed by atoms with Crippen molar-refractivity contribution in [3.8, 4) is 5.75 Å². The molecule has 1 aromatic carbocycles. The van der Waals surface area contributed by atoms with Gasteiger partial charge in [-0.15, -0.1) is 0 Å². The van der Waals surface area contributed by atoms with Crippen molar-refractivity contribution in [2.75, 3.05) is 14.2 Å². The number of halogens is 1. The van der Waals surface area contributed by atoms with Crippen LogP contribution in [0.3, 0.4) is 0 Å². The summed E-state index contributed by atoms with van der Waals surface area (Å²) in [6.45, 7) is 4.24. The molecular weight excluding hydrogens is 303 g/mol. The lowest BCUT2D eigenvalue weighted by Crippen LogP contribution is -2.26. The van der Waals surface area contributed by atoms with Gasteiger partial charge in [-0.2, -0.15) is 0 Å². The molecule has 1 aromatic rings. The lowest BCUT2D eigenvalue weighted by molar-refractivity contribution is -0.0218. The van der Waals surface area contributed by atoms with Crippen molar-refractivity contribution < 1.29 is 23.8 Å². The van der Waals surface area contributed by atoms with Gasteiger partial charge in [0.25, 0.3) is 0 Å². The van der Waals surface area contributed by atoms with E-state index in [4.69, 9.17) is 35.4 Å². The van der Waals surface area contributed by atoms with Gasteiger partial charge in [-0.3, -0.25) is 4.57 Å². The molecule has 0 aliphatic heterocycles. The van der Waals surface area contributed by atoms with E-state index in [1.54, 1.807) is 14.2 Å². The summed E-state index contributed by atoms with van der Waals surface area (Å²) < 4.78 is 19.6. The highest BCUT2D eigenvalue weighted by atomic mass is 35.5. The maximum absolute atomic E-state index is 8.74. The van der Waals surface area contributed by atoms with Gasteiger partial charge < -0.3 is 19.3 Å². The van der Waals surface area contributed by atoms with Crippen LogP contribution in [0.1, 0.15) is 32.3 Å². The van der Waals surface area contributed by atoms with E-state index in [1.165, 1.54) is 0 Å². The quantitative estimate of drug-likeness (QED) is 0.812. The SMILES string of the molecule is CCC(CC)(OC)c1ccc(Cl)c(OC)c1.O=[PH](O)O.